The predicted octanol–water partition coefficient (Wildman–Crippen LogP) is 3.09. The number of aliphatic hydroxyl groups excluding tert-OH is 1. The molecule has 164 valence electrons. The first-order chi connectivity index (χ1) is 15.5. The number of hydrazone groups is 1. The number of carbonyl (C=O) groups is 1. The molecule has 0 amide bonds. The molecule has 3 heterocycles. The number of halogens is 2. The highest BCUT2D eigenvalue weighted by Crippen LogP contribution is 2.35. The van der Waals surface area contributed by atoms with Gasteiger partial charge in [-0.1, -0.05) is 0 Å². The SMILES string of the molecule is Cn1cc(C2=NNC(C=O)N2c2cn(CCCO)c3ccc(F)cc23)c2cc(F)ccc21. The Hall–Kier alpha value is -3.72. The second-order valence-corrected chi connectivity index (χ2v) is 7.78. The molecule has 9 heteroatoms. The van der Waals surface area contributed by atoms with Gasteiger partial charge in [-0.25, -0.2) is 8.78 Å². The maximum Gasteiger partial charge on any atom is 0.177 e. The molecule has 0 fully saturated rings. The van der Waals surface area contributed by atoms with Crippen molar-refractivity contribution in [1.29, 1.82) is 0 Å². The number of hydrogen-bond acceptors (Lipinski definition) is 5. The van der Waals surface area contributed by atoms with E-state index in [-0.39, 0.29) is 12.4 Å². The van der Waals surface area contributed by atoms with Gasteiger partial charge in [0.15, 0.2) is 18.3 Å². The number of fused-ring (bicyclic) bond motifs is 2. The summed E-state index contributed by atoms with van der Waals surface area (Å²) in [5, 5.41) is 14.9. The minimum atomic E-state index is -0.811. The van der Waals surface area contributed by atoms with Crippen LogP contribution < -0.4 is 10.3 Å². The molecular formula is C23H21F2N5O2. The van der Waals surface area contributed by atoms with Gasteiger partial charge in [0.2, 0.25) is 0 Å². The summed E-state index contributed by atoms with van der Waals surface area (Å²) in [6.45, 7) is 0.546. The van der Waals surface area contributed by atoms with Gasteiger partial charge in [0.1, 0.15) is 11.6 Å². The molecule has 1 unspecified atom stereocenters. The lowest BCUT2D eigenvalue weighted by atomic mass is 10.1. The summed E-state index contributed by atoms with van der Waals surface area (Å²) in [4.78, 5) is 13.6. The molecule has 2 N–H and O–H groups in total. The van der Waals surface area contributed by atoms with Crippen LogP contribution >= 0.6 is 0 Å². The molecule has 7 nitrogen and oxygen atoms in total. The molecule has 0 radical (unpaired) electrons. The Morgan fingerprint density at radius 3 is 2.53 bits per heavy atom. The Labute approximate surface area is 182 Å². The van der Waals surface area contributed by atoms with Gasteiger partial charge in [-0.3, -0.25) is 15.1 Å². The average molecular weight is 437 g/mol. The Bertz CT molecular complexity index is 1370. The Kier molecular flexibility index (Phi) is 4.90. The number of aromatic nitrogens is 2. The first kappa shape index (κ1) is 20.2. The summed E-state index contributed by atoms with van der Waals surface area (Å²) in [5.74, 6) is -0.347. The zero-order chi connectivity index (χ0) is 22.4. The molecule has 32 heavy (non-hydrogen) atoms. The van der Waals surface area contributed by atoms with Crippen molar-refractivity contribution in [3.8, 4) is 0 Å². The van der Waals surface area contributed by atoms with E-state index in [1.54, 1.807) is 17.0 Å². The monoisotopic (exact) mass is 437 g/mol. The van der Waals surface area contributed by atoms with Gasteiger partial charge < -0.3 is 14.2 Å². The van der Waals surface area contributed by atoms with Crippen LogP contribution in [0, 0.1) is 11.6 Å². The van der Waals surface area contributed by atoms with Crippen LogP contribution in [-0.2, 0) is 18.4 Å². The standard InChI is InChI=1S/C23H21F2N5O2/c1-28-11-18(16-9-14(24)3-5-19(16)28)23-27-26-22(13-32)30(23)21-12-29(7-2-8-31)20-6-4-15(25)10-17(20)21/h3-6,9-13,22,26,31H,2,7-8H2,1H3. The predicted molar refractivity (Wildman–Crippen MR) is 118 cm³/mol. The summed E-state index contributed by atoms with van der Waals surface area (Å²) in [6, 6.07) is 8.99. The van der Waals surface area contributed by atoms with E-state index in [0.717, 1.165) is 17.3 Å². The molecule has 2 aromatic heterocycles. The second-order valence-electron chi connectivity index (χ2n) is 7.78. The van der Waals surface area contributed by atoms with Crippen LogP contribution in [0.4, 0.5) is 14.5 Å². The van der Waals surface area contributed by atoms with Crippen LogP contribution in [0.25, 0.3) is 21.8 Å². The molecule has 0 bridgehead atoms. The number of aldehydes is 1. The molecule has 1 aliphatic heterocycles. The summed E-state index contributed by atoms with van der Waals surface area (Å²) >= 11 is 0. The Morgan fingerprint density at radius 2 is 1.81 bits per heavy atom. The van der Waals surface area contributed by atoms with Crippen LogP contribution in [0.5, 0.6) is 0 Å². The topological polar surface area (TPSA) is 74.8 Å². The van der Waals surface area contributed by atoms with Crippen molar-refractivity contribution < 1.29 is 18.7 Å². The van der Waals surface area contributed by atoms with E-state index in [0.29, 0.717) is 40.8 Å². The molecule has 0 saturated carbocycles. The molecule has 4 aromatic rings. The molecule has 5 rings (SSSR count). The lowest BCUT2D eigenvalue weighted by Gasteiger charge is -2.23. The van der Waals surface area contributed by atoms with E-state index in [9.17, 15) is 18.7 Å². The Morgan fingerprint density at radius 1 is 1.09 bits per heavy atom. The first-order valence-corrected chi connectivity index (χ1v) is 10.2. The van der Waals surface area contributed by atoms with Gasteiger partial charge in [-0.15, -0.1) is 0 Å². The number of carbonyl (C=O) groups excluding carboxylic acids is 1. The van der Waals surface area contributed by atoms with Crippen molar-refractivity contribution in [2.24, 2.45) is 12.1 Å². The minimum absolute atomic E-state index is 0.0205. The maximum atomic E-state index is 14.2. The van der Waals surface area contributed by atoms with Crippen LogP contribution in [-0.4, -0.2) is 39.1 Å². The van der Waals surface area contributed by atoms with E-state index >= 15 is 0 Å². The Balaban J connectivity index is 1.71. The largest absolute Gasteiger partial charge is 0.396 e. The van der Waals surface area contributed by atoms with E-state index in [1.165, 1.54) is 24.3 Å². The molecule has 0 spiro atoms. The molecule has 0 aliphatic carbocycles. The number of nitrogens with zero attached hydrogens (tertiary/aromatic N) is 4. The normalized spacial score (nSPS) is 16.1. The van der Waals surface area contributed by atoms with Crippen LogP contribution in [0.2, 0.25) is 0 Å². The van der Waals surface area contributed by atoms with Gasteiger partial charge in [-0.2, -0.15) is 5.10 Å². The highest BCUT2D eigenvalue weighted by Gasteiger charge is 2.33. The number of anilines is 1. The number of aryl methyl sites for hydroxylation is 2. The number of rotatable bonds is 6. The number of hydrogen-bond donors (Lipinski definition) is 2. The van der Waals surface area contributed by atoms with Gasteiger partial charge in [0.05, 0.1) is 11.2 Å². The second kappa shape index (κ2) is 7.76. The zero-order valence-corrected chi connectivity index (χ0v) is 17.3. The number of nitrogens with one attached hydrogen (secondary N) is 1. The van der Waals surface area contributed by atoms with Gasteiger partial charge >= 0.3 is 0 Å². The lowest BCUT2D eigenvalue weighted by Crippen LogP contribution is -2.41. The van der Waals surface area contributed by atoms with E-state index < -0.39 is 12.0 Å². The zero-order valence-electron chi connectivity index (χ0n) is 17.3. The van der Waals surface area contributed by atoms with Crippen molar-refractivity contribution in [2.75, 3.05) is 11.5 Å². The fourth-order valence-corrected chi connectivity index (χ4v) is 4.33. The van der Waals surface area contributed by atoms with E-state index in [4.69, 9.17) is 0 Å². The van der Waals surface area contributed by atoms with E-state index in [1.807, 2.05) is 28.6 Å². The highest BCUT2D eigenvalue weighted by atomic mass is 19.1. The van der Waals surface area contributed by atoms with Crippen LogP contribution in [0.3, 0.4) is 0 Å². The van der Waals surface area contributed by atoms with Crippen molar-refractivity contribution in [3.63, 3.8) is 0 Å². The van der Waals surface area contributed by atoms with Crippen molar-refractivity contribution in [1.82, 2.24) is 14.6 Å². The van der Waals surface area contributed by atoms with Crippen LogP contribution in [0.1, 0.15) is 12.0 Å². The molecule has 2 aromatic carbocycles. The number of benzene rings is 2. The summed E-state index contributed by atoms with van der Waals surface area (Å²) in [6.07, 6.45) is 4.09. The molecule has 1 atom stereocenters. The maximum absolute atomic E-state index is 14.2. The van der Waals surface area contributed by atoms with Gasteiger partial charge in [0, 0.05) is 54.4 Å². The minimum Gasteiger partial charge on any atom is -0.396 e. The quantitative estimate of drug-likeness (QED) is 0.455. The van der Waals surface area contributed by atoms with Crippen molar-refractivity contribution in [3.05, 3.63) is 66.0 Å². The summed E-state index contributed by atoms with van der Waals surface area (Å²) in [7, 11) is 1.85. The molecular weight excluding hydrogens is 416 g/mol. The third kappa shape index (κ3) is 3.13. The first-order valence-electron chi connectivity index (χ1n) is 10.2. The molecule has 0 saturated heterocycles. The number of amidine groups is 1. The molecule has 1 aliphatic rings. The third-order valence-electron chi connectivity index (χ3n) is 5.77. The summed E-state index contributed by atoms with van der Waals surface area (Å²) in [5.41, 5.74) is 5.65. The van der Waals surface area contributed by atoms with Crippen molar-refractivity contribution >= 4 is 39.6 Å². The number of aliphatic hydroxyl groups is 1. The fourth-order valence-electron chi connectivity index (χ4n) is 4.33. The smallest absolute Gasteiger partial charge is 0.177 e. The highest BCUT2D eigenvalue weighted by molar-refractivity contribution is 6.21. The van der Waals surface area contributed by atoms with E-state index in [2.05, 4.69) is 10.5 Å². The summed E-state index contributed by atoms with van der Waals surface area (Å²) < 4.78 is 32.0. The van der Waals surface area contributed by atoms with Crippen LogP contribution in [0.15, 0.2) is 53.9 Å². The fraction of sp³-hybridized carbons (Fsp3) is 0.217. The van der Waals surface area contributed by atoms with Crippen molar-refractivity contribution in [2.45, 2.75) is 19.1 Å². The van der Waals surface area contributed by atoms with Gasteiger partial charge in [-0.05, 0) is 42.8 Å². The van der Waals surface area contributed by atoms with Gasteiger partial charge in [0.25, 0.3) is 0 Å². The average Bonchev–Trinajstić information content (AvgIpc) is 3.45. The lowest BCUT2D eigenvalue weighted by molar-refractivity contribution is -0.109. The third-order valence-corrected chi connectivity index (χ3v) is 5.77.